The van der Waals surface area contributed by atoms with Gasteiger partial charge in [0.05, 0.1) is 29.8 Å². The number of benzene rings is 1. The van der Waals surface area contributed by atoms with Gasteiger partial charge in [-0.1, -0.05) is 24.3 Å². The highest BCUT2D eigenvalue weighted by atomic mass is 32.2. The second-order valence-corrected chi connectivity index (χ2v) is 12.7. The predicted molar refractivity (Wildman–Crippen MR) is 146 cm³/mol. The largest absolute Gasteiger partial charge is 0.347 e. The Labute approximate surface area is 225 Å². The third kappa shape index (κ3) is 4.11. The maximum absolute atomic E-state index is 13.7. The van der Waals surface area contributed by atoms with Crippen LogP contribution in [0.4, 0.5) is 0 Å². The van der Waals surface area contributed by atoms with Crippen LogP contribution in [0.1, 0.15) is 48.7 Å². The van der Waals surface area contributed by atoms with Gasteiger partial charge in [-0.05, 0) is 55.1 Å². The molecule has 0 saturated carbocycles. The van der Waals surface area contributed by atoms with E-state index in [1.165, 1.54) is 9.55 Å². The van der Waals surface area contributed by atoms with Crippen LogP contribution in [0.5, 0.6) is 0 Å². The van der Waals surface area contributed by atoms with E-state index in [0.29, 0.717) is 25.3 Å². The van der Waals surface area contributed by atoms with Crippen molar-refractivity contribution in [3.63, 3.8) is 0 Å². The van der Waals surface area contributed by atoms with Gasteiger partial charge in [-0.15, -0.1) is 11.3 Å². The van der Waals surface area contributed by atoms with Crippen molar-refractivity contribution in [1.29, 1.82) is 0 Å². The standard InChI is InChI=1S/C28H28N4O4S2/c33-38(34,21-5-2-1-3-6-21)32-17-23(25-18-37-27(31-25)24-7-4-12-29-24)22-15-20(16-30-26(22)32)19-8-10-28(11-9-19)35-13-14-36-28/h1-3,5-6,8,15-18,24,29H,4,7,9-14H2. The molecule has 2 fully saturated rings. The lowest BCUT2D eigenvalue weighted by molar-refractivity contribution is -0.159. The Morgan fingerprint density at radius 3 is 2.74 bits per heavy atom. The lowest BCUT2D eigenvalue weighted by atomic mass is 9.90. The van der Waals surface area contributed by atoms with Crippen molar-refractivity contribution in [2.75, 3.05) is 19.8 Å². The number of hydrogen-bond donors (Lipinski definition) is 1. The molecule has 0 amide bonds. The molecule has 0 radical (unpaired) electrons. The first-order chi connectivity index (χ1) is 18.5. The van der Waals surface area contributed by atoms with E-state index < -0.39 is 15.8 Å². The molecule has 7 rings (SSSR count). The van der Waals surface area contributed by atoms with Crippen molar-refractivity contribution in [2.45, 2.75) is 48.8 Å². The molecular formula is C28H28N4O4S2. The Kier molecular flexibility index (Phi) is 5.97. The van der Waals surface area contributed by atoms with Gasteiger partial charge in [0, 0.05) is 41.6 Å². The molecule has 8 nitrogen and oxygen atoms in total. The average molecular weight is 549 g/mol. The van der Waals surface area contributed by atoms with Crippen molar-refractivity contribution in [3.05, 3.63) is 70.8 Å². The summed E-state index contributed by atoms with van der Waals surface area (Å²) in [6, 6.07) is 10.8. The molecule has 4 aromatic rings. The van der Waals surface area contributed by atoms with Gasteiger partial charge in [-0.3, -0.25) is 0 Å². The van der Waals surface area contributed by atoms with Crippen molar-refractivity contribution in [3.8, 4) is 11.3 Å². The molecule has 1 N–H and O–H groups in total. The van der Waals surface area contributed by atoms with E-state index in [0.717, 1.165) is 59.4 Å². The van der Waals surface area contributed by atoms with Crippen LogP contribution < -0.4 is 5.32 Å². The molecular weight excluding hydrogens is 520 g/mol. The number of hydrogen-bond acceptors (Lipinski definition) is 8. The summed E-state index contributed by atoms with van der Waals surface area (Å²) >= 11 is 1.61. The summed E-state index contributed by atoms with van der Waals surface area (Å²) in [4.78, 5) is 9.88. The monoisotopic (exact) mass is 548 g/mol. The number of ether oxygens (including phenoxy) is 2. The molecule has 1 spiro atoms. The number of rotatable bonds is 5. The molecule has 0 bridgehead atoms. The SMILES string of the molecule is O=S(=O)(c1ccccc1)n1cc(-c2csc(C3CCCN3)n2)c2cc(C3=CCC4(CC3)OCCO4)cnc21. The number of fused-ring (bicyclic) bond motifs is 1. The van der Waals surface area contributed by atoms with Crippen LogP contribution >= 0.6 is 11.3 Å². The van der Waals surface area contributed by atoms with Gasteiger partial charge in [0.1, 0.15) is 5.01 Å². The highest BCUT2D eigenvalue weighted by Crippen LogP contribution is 2.40. The highest BCUT2D eigenvalue weighted by molar-refractivity contribution is 7.90. The minimum Gasteiger partial charge on any atom is -0.347 e. The van der Waals surface area contributed by atoms with Crippen LogP contribution in [-0.4, -0.2) is 47.9 Å². The Hall–Kier alpha value is -2.89. The Bertz CT molecular complexity index is 1630. The Morgan fingerprint density at radius 2 is 2.00 bits per heavy atom. The molecule has 1 atom stereocenters. The smallest absolute Gasteiger partial charge is 0.269 e. The first-order valence-corrected chi connectivity index (χ1v) is 15.3. The van der Waals surface area contributed by atoms with E-state index in [9.17, 15) is 8.42 Å². The van der Waals surface area contributed by atoms with Gasteiger partial charge >= 0.3 is 0 Å². The molecule has 1 aliphatic carbocycles. The van der Waals surface area contributed by atoms with Gasteiger partial charge in [0.15, 0.2) is 11.4 Å². The summed E-state index contributed by atoms with van der Waals surface area (Å²) in [6.45, 7) is 2.26. The van der Waals surface area contributed by atoms with Crippen molar-refractivity contribution < 1.29 is 17.9 Å². The van der Waals surface area contributed by atoms with Crippen molar-refractivity contribution in [1.82, 2.24) is 19.3 Å². The minimum absolute atomic E-state index is 0.222. The van der Waals surface area contributed by atoms with E-state index in [1.54, 1.807) is 54.1 Å². The lowest BCUT2D eigenvalue weighted by Crippen LogP contribution is -2.31. The molecule has 5 heterocycles. The fourth-order valence-electron chi connectivity index (χ4n) is 5.64. The summed E-state index contributed by atoms with van der Waals surface area (Å²) in [6.07, 6.45) is 10.1. The second kappa shape index (κ2) is 9.39. The second-order valence-electron chi connectivity index (χ2n) is 10.0. The topological polar surface area (TPSA) is 95.3 Å². The van der Waals surface area contributed by atoms with Crippen LogP contribution in [0.2, 0.25) is 0 Å². The Balaban J connectivity index is 1.34. The Morgan fingerprint density at radius 1 is 1.16 bits per heavy atom. The van der Waals surface area contributed by atoms with Crippen LogP contribution in [0.25, 0.3) is 27.9 Å². The van der Waals surface area contributed by atoms with Crippen LogP contribution in [-0.2, 0) is 19.5 Å². The zero-order valence-corrected chi connectivity index (χ0v) is 22.4. The van der Waals surface area contributed by atoms with Gasteiger partial charge in [-0.2, -0.15) is 0 Å². The fourth-order valence-corrected chi connectivity index (χ4v) is 7.92. The molecule has 196 valence electrons. The molecule has 1 unspecified atom stereocenters. The highest BCUT2D eigenvalue weighted by Gasteiger charge is 2.38. The summed E-state index contributed by atoms with van der Waals surface area (Å²) in [5.74, 6) is -0.495. The maximum Gasteiger partial charge on any atom is 0.269 e. The molecule has 3 aromatic heterocycles. The summed E-state index contributed by atoms with van der Waals surface area (Å²) in [5.41, 5.74) is 4.09. The number of nitrogens with zero attached hydrogens (tertiary/aromatic N) is 3. The van der Waals surface area contributed by atoms with Gasteiger partial charge < -0.3 is 14.8 Å². The van der Waals surface area contributed by atoms with Gasteiger partial charge in [0.25, 0.3) is 10.0 Å². The van der Waals surface area contributed by atoms with Crippen LogP contribution in [0, 0.1) is 0 Å². The quantitative estimate of drug-likeness (QED) is 0.369. The first kappa shape index (κ1) is 24.2. The molecule has 2 aliphatic heterocycles. The molecule has 2 saturated heterocycles. The molecule has 10 heteroatoms. The number of pyridine rings is 1. The summed E-state index contributed by atoms with van der Waals surface area (Å²) in [7, 11) is -3.84. The average Bonchev–Trinajstić information content (AvgIpc) is 3.76. The molecule has 1 aromatic carbocycles. The predicted octanol–water partition coefficient (Wildman–Crippen LogP) is 5.13. The minimum atomic E-state index is -3.84. The zero-order valence-electron chi connectivity index (χ0n) is 20.8. The van der Waals surface area contributed by atoms with Gasteiger partial charge in [-0.25, -0.2) is 22.4 Å². The van der Waals surface area contributed by atoms with Crippen LogP contribution in [0.3, 0.4) is 0 Å². The molecule has 38 heavy (non-hydrogen) atoms. The van der Waals surface area contributed by atoms with Crippen molar-refractivity contribution in [2.24, 2.45) is 0 Å². The maximum atomic E-state index is 13.7. The lowest BCUT2D eigenvalue weighted by Gasteiger charge is -2.30. The normalized spacial score (nSPS) is 21.4. The van der Waals surface area contributed by atoms with E-state index in [-0.39, 0.29) is 10.9 Å². The third-order valence-corrected chi connectivity index (χ3v) is 10.3. The van der Waals surface area contributed by atoms with Gasteiger partial charge in [0.2, 0.25) is 0 Å². The van der Waals surface area contributed by atoms with E-state index in [4.69, 9.17) is 19.4 Å². The van der Waals surface area contributed by atoms with E-state index >= 15 is 0 Å². The third-order valence-electron chi connectivity index (χ3n) is 7.69. The summed E-state index contributed by atoms with van der Waals surface area (Å²) < 4.78 is 40.4. The fraction of sp³-hybridized carbons (Fsp3) is 0.357. The number of aromatic nitrogens is 3. The summed E-state index contributed by atoms with van der Waals surface area (Å²) in [5, 5.41) is 7.33. The van der Waals surface area contributed by atoms with Crippen molar-refractivity contribution >= 4 is 38.0 Å². The van der Waals surface area contributed by atoms with E-state index in [2.05, 4.69) is 17.5 Å². The van der Waals surface area contributed by atoms with E-state index in [1.807, 2.05) is 5.38 Å². The number of nitrogens with one attached hydrogen (secondary N) is 1. The number of thiazole rings is 1. The molecule has 3 aliphatic rings. The number of allylic oxidation sites excluding steroid dienone is 1. The van der Waals surface area contributed by atoms with Crippen LogP contribution in [0.15, 0.2) is 65.1 Å². The zero-order chi connectivity index (χ0) is 25.7. The first-order valence-electron chi connectivity index (χ1n) is 13.0.